The van der Waals surface area contributed by atoms with Crippen molar-refractivity contribution in [1.29, 1.82) is 0 Å². The van der Waals surface area contributed by atoms with Gasteiger partial charge < -0.3 is 15.5 Å². The summed E-state index contributed by atoms with van der Waals surface area (Å²) in [5.41, 5.74) is 8.44. The lowest BCUT2D eigenvalue weighted by atomic mass is 10.2. The predicted octanol–water partition coefficient (Wildman–Crippen LogP) is 3.25. The molecule has 20 heavy (non-hydrogen) atoms. The van der Waals surface area contributed by atoms with Gasteiger partial charge >= 0.3 is 5.76 Å². The average molecular weight is 289 g/mol. The lowest BCUT2D eigenvalue weighted by Crippen LogP contribution is -2.07. The first-order chi connectivity index (χ1) is 9.52. The largest absolute Gasteiger partial charge is 0.417 e. The summed E-state index contributed by atoms with van der Waals surface area (Å²) in [6, 6.07) is 7.80. The average Bonchev–Trinajstić information content (AvgIpc) is 2.95. The predicted molar refractivity (Wildman–Crippen MR) is 82.3 cm³/mol. The lowest BCUT2D eigenvalue weighted by Gasteiger charge is -2.15. The fourth-order valence-corrected chi connectivity index (χ4v) is 3.01. The molecule has 0 aliphatic carbocycles. The van der Waals surface area contributed by atoms with Gasteiger partial charge in [0.05, 0.1) is 22.9 Å². The number of hydrogen-bond acceptors (Lipinski definition) is 5. The van der Waals surface area contributed by atoms with Gasteiger partial charge in [-0.3, -0.25) is 4.98 Å². The van der Waals surface area contributed by atoms with Crippen LogP contribution < -0.4 is 16.8 Å². The zero-order chi connectivity index (χ0) is 14.3. The number of nitrogens with one attached hydrogen (secondary N) is 2. The molecule has 104 valence electrons. The zero-order valence-corrected chi connectivity index (χ0v) is 12.0. The van der Waals surface area contributed by atoms with Crippen molar-refractivity contribution in [3.63, 3.8) is 0 Å². The molecule has 0 radical (unpaired) electrons. The van der Waals surface area contributed by atoms with E-state index in [2.05, 4.69) is 36.3 Å². The SMILES string of the molecule is Cc1ccc(C(C)Nc2cc3[nH]c(=O)oc3cc2N)s1. The molecule has 0 spiro atoms. The molecule has 0 aliphatic heterocycles. The normalized spacial score (nSPS) is 12.7. The summed E-state index contributed by atoms with van der Waals surface area (Å²) >= 11 is 1.75. The number of nitrogen functional groups attached to an aromatic ring is 1. The van der Waals surface area contributed by atoms with Gasteiger partial charge in [-0.25, -0.2) is 4.79 Å². The number of H-pyrrole nitrogens is 1. The van der Waals surface area contributed by atoms with Crippen LogP contribution in [0.3, 0.4) is 0 Å². The highest BCUT2D eigenvalue weighted by Gasteiger charge is 2.11. The summed E-state index contributed by atoms with van der Waals surface area (Å²) in [7, 11) is 0. The molecule has 1 aromatic carbocycles. The standard InChI is InChI=1S/C14H15N3O2S/c1-7-3-4-13(20-7)8(2)16-10-6-11-12(5-9(10)15)19-14(18)17-11/h3-6,8,16H,15H2,1-2H3,(H,17,18). The maximum atomic E-state index is 11.2. The van der Waals surface area contributed by atoms with Gasteiger partial charge in [0.1, 0.15) is 0 Å². The Balaban J connectivity index is 1.93. The van der Waals surface area contributed by atoms with E-state index >= 15 is 0 Å². The highest BCUT2D eigenvalue weighted by molar-refractivity contribution is 7.12. The van der Waals surface area contributed by atoms with E-state index < -0.39 is 5.76 Å². The smallest absolute Gasteiger partial charge is 0.408 e. The van der Waals surface area contributed by atoms with Gasteiger partial charge in [-0.05, 0) is 32.0 Å². The number of hydrogen-bond donors (Lipinski definition) is 3. The summed E-state index contributed by atoms with van der Waals surface area (Å²) in [6.07, 6.45) is 0. The van der Waals surface area contributed by atoms with Crippen molar-refractivity contribution in [3.8, 4) is 0 Å². The van der Waals surface area contributed by atoms with Crippen LogP contribution in [0.15, 0.2) is 33.5 Å². The van der Waals surface area contributed by atoms with Crippen LogP contribution in [0.1, 0.15) is 22.7 Å². The summed E-state index contributed by atoms with van der Waals surface area (Å²) in [5, 5.41) is 3.36. The molecule has 3 rings (SSSR count). The van der Waals surface area contributed by atoms with Crippen molar-refractivity contribution < 1.29 is 4.42 Å². The fraction of sp³-hybridized carbons (Fsp3) is 0.214. The number of aromatic amines is 1. The highest BCUT2D eigenvalue weighted by Crippen LogP contribution is 2.30. The molecule has 3 aromatic rings. The van der Waals surface area contributed by atoms with Gasteiger partial charge in [0.2, 0.25) is 0 Å². The first-order valence-corrected chi connectivity index (χ1v) is 7.10. The number of anilines is 2. The number of thiophene rings is 1. The summed E-state index contributed by atoms with van der Waals surface area (Å²) in [6.45, 7) is 4.16. The van der Waals surface area contributed by atoms with Crippen molar-refractivity contribution in [3.05, 3.63) is 44.6 Å². The molecular formula is C14H15N3O2S. The van der Waals surface area contributed by atoms with E-state index in [-0.39, 0.29) is 6.04 Å². The Hall–Kier alpha value is -2.21. The molecular weight excluding hydrogens is 274 g/mol. The third-order valence-electron chi connectivity index (χ3n) is 3.15. The maximum absolute atomic E-state index is 11.2. The molecule has 0 saturated heterocycles. The number of oxazole rings is 1. The number of benzene rings is 1. The van der Waals surface area contributed by atoms with E-state index in [1.807, 2.05) is 0 Å². The van der Waals surface area contributed by atoms with Gasteiger partial charge in [-0.2, -0.15) is 0 Å². The quantitative estimate of drug-likeness (QED) is 0.646. The Morgan fingerprint density at radius 1 is 1.40 bits per heavy atom. The van der Waals surface area contributed by atoms with Crippen LogP contribution in [-0.4, -0.2) is 4.98 Å². The molecule has 2 heterocycles. The van der Waals surface area contributed by atoms with Gasteiger partial charge in [0.15, 0.2) is 5.58 Å². The highest BCUT2D eigenvalue weighted by atomic mass is 32.1. The Labute approximate surface area is 119 Å². The second-order valence-corrected chi connectivity index (χ2v) is 6.08. The van der Waals surface area contributed by atoms with Crippen LogP contribution in [-0.2, 0) is 0 Å². The number of nitrogens with two attached hydrogens (primary N) is 1. The fourth-order valence-electron chi connectivity index (χ4n) is 2.13. The van der Waals surface area contributed by atoms with E-state index in [1.54, 1.807) is 23.5 Å². The van der Waals surface area contributed by atoms with Gasteiger partial charge in [0.25, 0.3) is 0 Å². The van der Waals surface area contributed by atoms with Gasteiger partial charge in [-0.15, -0.1) is 11.3 Å². The minimum atomic E-state index is -0.474. The van der Waals surface area contributed by atoms with E-state index in [0.29, 0.717) is 16.8 Å². The van der Waals surface area contributed by atoms with E-state index in [9.17, 15) is 4.79 Å². The molecule has 1 atom stereocenters. The Kier molecular flexibility index (Phi) is 3.02. The van der Waals surface area contributed by atoms with Crippen molar-refractivity contribution in [1.82, 2.24) is 4.98 Å². The van der Waals surface area contributed by atoms with Gasteiger partial charge in [-0.1, -0.05) is 0 Å². The molecule has 0 bridgehead atoms. The van der Waals surface area contributed by atoms with E-state index in [1.165, 1.54) is 9.75 Å². The van der Waals surface area contributed by atoms with Gasteiger partial charge in [0, 0.05) is 15.8 Å². The number of aryl methyl sites for hydroxylation is 1. The van der Waals surface area contributed by atoms with Crippen LogP contribution in [0.2, 0.25) is 0 Å². The summed E-state index contributed by atoms with van der Waals surface area (Å²) in [4.78, 5) is 16.3. The minimum absolute atomic E-state index is 0.145. The molecule has 6 heteroatoms. The first-order valence-electron chi connectivity index (χ1n) is 6.28. The molecule has 1 unspecified atom stereocenters. The molecule has 0 fully saturated rings. The molecule has 0 saturated carbocycles. The molecule has 0 amide bonds. The van der Waals surface area contributed by atoms with Crippen molar-refractivity contribution >= 4 is 33.8 Å². The first kappa shape index (κ1) is 12.8. The van der Waals surface area contributed by atoms with E-state index in [4.69, 9.17) is 10.2 Å². The third kappa shape index (κ3) is 2.30. The summed E-state index contributed by atoms with van der Waals surface area (Å²) < 4.78 is 4.98. The monoisotopic (exact) mass is 289 g/mol. The van der Waals surface area contributed by atoms with Crippen LogP contribution >= 0.6 is 11.3 Å². The number of aromatic nitrogens is 1. The van der Waals surface area contributed by atoms with Crippen LogP contribution in [0, 0.1) is 6.92 Å². The Morgan fingerprint density at radius 2 is 2.20 bits per heavy atom. The minimum Gasteiger partial charge on any atom is -0.408 e. The van der Waals surface area contributed by atoms with Crippen LogP contribution in [0.25, 0.3) is 11.1 Å². The second-order valence-electron chi connectivity index (χ2n) is 4.76. The Bertz CT molecular complexity index is 815. The van der Waals surface area contributed by atoms with E-state index in [0.717, 1.165) is 5.69 Å². The topological polar surface area (TPSA) is 84.0 Å². The van der Waals surface area contributed by atoms with Crippen LogP contribution in [0.5, 0.6) is 0 Å². The summed E-state index contributed by atoms with van der Waals surface area (Å²) in [5.74, 6) is -0.474. The van der Waals surface area contributed by atoms with Crippen molar-refractivity contribution in [2.75, 3.05) is 11.1 Å². The third-order valence-corrected chi connectivity index (χ3v) is 4.33. The number of rotatable bonds is 3. The molecule has 4 N–H and O–H groups in total. The zero-order valence-electron chi connectivity index (χ0n) is 11.2. The molecule has 5 nitrogen and oxygen atoms in total. The Morgan fingerprint density at radius 3 is 2.90 bits per heavy atom. The second kappa shape index (κ2) is 4.72. The number of fused-ring (bicyclic) bond motifs is 1. The molecule has 2 aromatic heterocycles. The lowest BCUT2D eigenvalue weighted by molar-refractivity contribution is 0.555. The van der Waals surface area contributed by atoms with Crippen molar-refractivity contribution in [2.45, 2.75) is 19.9 Å². The molecule has 0 aliphatic rings. The maximum Gasteiger partial charge on any atom is 0.417 e. The van der Waals surface area contributed by atoms with Crippen LogP contribution in [0.4, 0.5) is 11.4 Å². The van der Waals surface area contributed by atoms with Crippen molar-refractivity contribution in [2.24, 2.45) is 0 Å².